The van der Waals surface area contributed by atoms with E-state index in [1.807, 2.05) is 0 Å². The first kappa shape index (κ1) is 24.5. The number of fused-ring (bicyclic) bond motifs is 5. The monoisotopic (exact) mass is 450 g/mol. The summed E-state index contributed by atoms with van der Waals surface area (Å²) >= 11 is 0. The molecule has 4 aliphatic carbocycles. The second-order valence-electron chi connectivity index (χ2n) is 12.5. The average Bonchev–Trinajstić information content (AvgIpc) is 3.10. The lowest BCUT2D eigenvalue weighted by atomic mass is 9.40. The Morgan fingerprint density at radius 2 is 1.75 bits per heavy atom. The molecule has 0 unspecified atom stereocenters. The van der Waals surface area contributed by atoms with Crippen molar-refractivity contribution in [2.45, 2.75) is 110 Å². The molecular formula is C27H46O5. The number of carboxylic acid groups (broad SMARTS) is 1. The average molecular weight is 451 g/mol. The lowest BCUT2D eigenvalue weighted by molar-refractivity contribution is -0.229. The lowest BCUT2D eigenvalue weighted by Crippen LogP contribution is -2.65. The van der Waals surface area contributed by atoms with E-state index in [1.54, 1.807) is 0 Å². The molecule has 32 heavy (non-hydrogen) atoms. The topological polar surface area (TPSA) is 98.0 Å². The van der Waals surface area contributed by atoms with Gasteiger partial charge in [-0.3, -0.25) is 4.79 Å². The van der Waals surface area contributed by atoms with Crippen LogP contribution in [0.15, 0.2) is 0 Å². The molecule has 184 valence electrons. The molecule has 0 radical (unpaired) electrons. The smallest absolute Gasteiger partial charge is 0.303 e. The van der Waals surface area contributed by atoms with Crippen LogP contribution < -0.4 is 0 Å². The Morgan fingerprint density at radius 1 is 1.03 bits per heavy atom. The van der Waals surface area contributed by atoms with Crippen molar-refractivity contribution < 1.29 is 25.2 Å². The van der Waals surface area contributed by atoms with Crippen LogP contribution in [0.25, 0.3) is 0 Å². The van der Waals surface area contributed by atoms with E-state index in [2.05, 4.69) is 27.7 Å². The summed E-state index contributed by atoms with van der Waals surface area (Å²) in [6.07, 6.45) is 7.23. The van der Waals surface area contributed by atoms with E-state index in [9.17, 15) is 25.2 Å². The Hall–Kier alpha value is -0.650. The Bertz CT molecular complexity index is 696. The van der Waals surface area contributed by atoms with Gasteiger partial charge in [0.05, 0.1) is 18.3 Å². The van der Waals surface area contributed by atoms with E-state index < -0.39 is 12.1 Å². The Morgan fingerprint density at radius 3 is 2.41 bits per heavy atom. The quantitative estimate of drug-likeness (QED) is 0.478. The Kier molecular flexibility index (Phi) is 6.77. The van der Waals surface area contributed by atoms with Crippen LogP contribution in [-0.4, -0.2) is 44.7 Å². The molecule has 4 N–H and O–H groups in total. The van der Waals surface area contributed by atoms with Crippen LogP contribution in [0.2, 0.25) is 0 Å². The zero-order chi connectivity index (χ0) is 23.4. The molecule has 5 nitrogen and oxygen atoms in total. The fourth-order valence-electron chi connectivity index (χ4n) is 9.62. The van der Waals surface area contributed by atoms with Gasteiger partial charge in [0, 0.05) is 6.42 Å². The van der Waals surface area contributed by atoms with E-state index in [0.717, 1.165) is 51.4 Å². The fourth-order valence-corrected chi connectivity index (χ4v) is 9.62. The number of aliphatic hydroxyl groups is 3. The molecule has 4 rings (SSSR count). The standard InChI is InChI=1S/C27H46O5/c1-5-6-17-20-13-16(28)11-12-26(20,3)21-14-22(29)27(4)18(15(2)7-10-23(30)31)8-9-19(27)24(21)25(17)32/h15-22,24-25,28-29,32H,5-14H2,1-4H3,(H,30,31)/t15-,16-,17-,18+,19+,20+,21+,22+,24+,25-,26+,27-/m1/s1. The van der Waals surface area contributed by atoms with Crippen molar-refractivity contribution in [1.29, 1.82) is 0 Å². The van der Waals surface area contributed by atoms with Crippen LogP contribution in [0.4, 0.5) is 0 Å². The van der Waals surface area contributed by atoms with Crippen molar-refractivity contribution in [3.05, 3.63) is 0 Å². The van der Waals surface area contributed by atoms with E-state index in [1.165, 1.54) is 0 Å². The molecule has 0 aromatic heterocycles. The molecule has 4 saturated carbocycles. The van der Waals surface area contributed by atoms with Crippen molar-refractivity contribution in [3.63, 3.8) is 0 Å². The molecule has 0 spiro atoms. The van der Waals surface area contributed by atoms with Gasteiger partial charge in [-0.1, -0.05) is 34.1 Å². The number of rotatable bonds is 6. The Balaban J connectivity index is 1.67. The van der Waals surface area contributed by atoms with Gasteiger partial charge in [0.25, 0.3) is 0 Å². The highest BCUT2D eigenvalue weighted by molar-refractivity contribution is 5.66. The van der Waals surface area contributed by atoms with Gasteiger partial charge in [0.2, 0.25) is 0 Å². The van der Waals surface area contributed by atoms with Crippen LogP contribution >= 0.6 is 0 Å². The van der Waals surface area contributed by atoms with E-state index >= 15 is 0 Å². The zero-order valence-corrected chi connectivity index (χ0v) is 20.5. The summed E-state index contributed by atoms with van der Waals surface area (Å²) in [5, 5.41) is 43.1. The second kappa shape index (κ2) is 8.85. The first-order chi connectivity index (χ1) is 15.1. The first-order valence-electron chi connectivity index (χ1n) is 13.3. The van der Waals surface area contributed by atoms with Crippen molar-refractivity contribution in [2.24, 2.45) is 52.3 Å². The van der Waals surface area contributed by atoms with Gasteiger partial charge in [0.1, 0.15) is 0 Å². The molecule has 0 aromatic rings. The molecule has 0 saturated heterocycles. The van der Waals surface area contributed by atoms with Crippen molar-refractivity contribution in [3.8, 4) is 0 Å². The number of hydrogen-bond acceptors (Lipinski definition) is 4. The number of carboxylic acids is 1. The summed E-state index contributed by atoms with van der Waals surface area (Å²) in [6.45, 7) is 9.00. The maximum Gasteiger partial charge on any atom is 0.303 e. The first-order valence-corrected chi connectivity index (χ1v) is 13.3. The minimum absolute atomic E-state index is 0.0677. The highest BCUT2D eigenvalue weighted by atomic mass is 16.4. The van der Waals surface area contributed by atoms with Crippen LogP contribution in [-0.2, 0) is 4.79 Å². The van der Waals surface area contributed by atoms with Crippen LogP contribution in [0.3, 0.4) is 0 Å². The third-order valence-electron chi connectivity index (χ3n) is 11.2. The second-order valence-corrected chi connectivity index (χ2v) is 12.5. The van der Waals surface area contributed by atoms with Gasteiger partial charge in [-0.2, -0.15) is 0 Å². The summed E-state index contributed by atoms with van der Waals surface area (Å²) in [5.41, 5.74) is -0.188. The molecule has 12 atom stereocenters. The van der Waals surface area contributed by atoms with Gasteiger partial charge in [0.15, 0.2) is 0 Å². The Labute approximate surface area is 194 Å². The third kappa shape index (κ3) is 3.65. The van der Waals surface area contributed by atoms with Crippen molar-refractivity contribution >= 4 is 5.97 Å². The van der Waals surface area contributed by atoms with Gasteiger partial charge < -0.3 is 20.4 Å². The molecule has 0 bridgehead atoms. The summed E-state index contributed by atoms with van der Waals surface area (Å²) in [5.74, 6) is 1.15. The molecule has 0 heterocycles. The number of hydrogen-bond donors (Lipinski definition) is 4. The summed E-state index contributed by atoms with van der Waals surface area (Å²) < 4.78 is 0. The van der Waals surface area contributed by atoms with E-state index in [0.29, 0.717) is 24.2 Å². The number of carbonyl (C=O) groups is 1. The normalized spacial score (nSPS) is 51.4. The molecule has 0 aliphatic heterocycles. The predicted octanol–water partition coefficient (Wildman–Crippen LogP) is 4.47. The van der Waals surface area contributed by atoms with E-state index in [4.69, 9.17) is 0 Å². The summed E-state index contributed by atoms with van der Waals surface area (Å²) in [6, 6.07) is 0. The van der Waals surface area contributed by atoms with Gasteiger partial charge >= 0.3 is 5.97 Å². The highest BCUT2D eigenvalue weighted by Crippen LogP contribution is 2.69. The number of aliphatic carboxylic acids is 1. The minimum Gasteiger partial charge on any atom is -0.481 e. The fraction of sp³-hybridized carbons (Fsp3) is 0.963. The molecular weight excluding hydrogens is 404 g/mol. The SMILES string of the molecule is CCC[C@H]1[C@@H](O)[C@@H]2[C@H](C[C@H](O)[C@@]3(C)[C@H]2CC[C@H]3[C@H](C)CCC(=O)O)[C@@]2(C)CC[C@@H](O)C[C@@H]12. The summed E-state index contributed by atoms with van der Waals surface area (Å²) in [7, 11) is 0. The molecule has 5 heteroatoms. The van der Waals surface area contributed by atoms with Crippen LogP contribution in [0, 0.1) is 52.3 Å². The molecule has 0 aromatic carbocycles. The maximum absolute atomic E-state index is 11.8. The molecule has 4 fully saturated rings. The van der Waals surface area contributed by atoms with Crippen LogP contribution in [0.1, 0.15) is 91.9 Å². The van der Waals surface area contributed by atoms with Crippen molar-refractivity contribution in [1.82, 2.24) is 0 Å². The zero-order valence-electron chi connectivity index (χ0n) is 20.5. The maximum atomic E-state index is 11.8. The minimum atomic E-state index is -0.746. The number of aliphatic hydroxyl groups excluding tert-OH is 3. The lowest BCUT2D eigenvalue weighted by Gasteiger charge is -2.65. The predicted molar refractivity (Wildman–Crippen MR) is 124 cm³/mol. The highest BCUT2D eigenvalue weighted by Gasteiger charge is 2.67. The molecule has 4 aliphatic rings. The van der Waals surface area contributed by atoms with Crippen LogP contribution in [0.5, 0.6) is 0 Å². The van der Waals surface area contributed by atoms with Gasteiger partial charge in [-0.05, 0) is 104 Å². The largest absolute Gasteiger partial charge is 0.481 e. The van der Waals surface area contributed by atoms with Gasteiger partial charge in [-0.25, -0.2) is 0 Å². The van der Waals surface area contributed by atoms with Gasteiger partial charge in [-0.15, -0.1) is 0 Å². The van der Waals surface area contributed by atoms with E-state index in [-0.39, 0.29) is 53.1 Å². The third-order valence-corrected chi connectivity index (χ3v) is 11.2. The molecule has 0 amide bonds. The van der Waals surface area contributed by atoms with Crippen molar-refractivity contribution in [2.75, 3.05) is 0 Å². The summed E-state index contributed by atoms with van der Waals surface area (Å²) in [4.78, 5) is 11.2.